The summed E-state index contributed by atoms with van der Waals surface area (Å²) >= 11 is 0. The molecule has 0 saturated carbocycles. The number of nitrogens with zero attached hydrogens (tertiary/aromatic N) is 2. The van der Waals surface area contributed by atoms with E-state index in [2.05, 4.69) is 22.3 Å². The predicted molar refractivity (Wildman–Crippen MR) is 133 cm³/mol. The van der Waals surface area contributed by atoms with E-state index in [9.17, 15) is 9.90 Å². The minimum atomic E-state index is -0.689. The molecule has 0 spiro atoms. The van der Waals surface area contributed by atoms with Crippen LogP contribution in [0.2, 0.25) is 0 Å². The number of hydrogen-bond acceptors (Lipinski definition) is 7. The van der Waals surface area contributed by atoms with Gasteiger partial charge in [0.05, 0.1) is 19.8 Å². The zero-order valence-electron chi connectivity index (χ0n) is 20.4. The van der Waals surface area contributed by atoms with Crippen LogP contribution < -0.4 is 14.8 Å². The number of amides is 2. The Bertz CT molecular complexity index is 846. The fourth-order valence-electron chi connectivity index (χ4n) is 3.69. The fourth-order valence-corrected chi connectivity index (χ4v) is 3.69. The van der Waals surface area contributed by atoms with Crippen LogP contribution in [0, 0.1) is 0 Å². The molecule has 1 atom stereocenters. The highest BCUT2D eigenvalue weighted by molar-refractivity contribution is 5.74. The van der Waals surface area contributed by atoms with E-state index in [-0.39, 0.29) is 12.6 Å². The quantitative estimate of drug-likeness (QED) is 0.394. The van der Waals surface area contributed by atoms with Crippen molar-refractivity contribution in [2.45, 2.75) is 12.6 Å². The third-order valence-electron chi connectivity index (χ3n) is 5.54. The van der Waals surface area contributed by atoms with E-state index in [4.69, 9.17) is 18.9 Å². The molecule has 35 heavy (non-hydrogen) atoms. The summed E-state index contributed by atoms with van der Waals surface area (Å²) in [5, 5.41) is 13.6. The summed E-state index contributed by atoms with van der Waals surface area (Å²) in [4.78, 5) is 16.3. The Labute approximate surface area is 207 Å². The molecule has 9 nitrogen and oxygen atoms in total. The Kier molecular flexibility index (Phi) is 11.6. The second kappa shape index (κ2) is 15.2. The molecular weight excluding hydrogens is 450 g/mol. The van der Waals surface area contributed by atoms with Crippen molar-refractivity contribution in [3.8, 4) is 11.5 Å². The number of methoxy groups -OCH3 is 1. The van der Waals surface area contributed by atoms with E-state index in [1.165, 1.54) is 0 Å². The number of hydrogen-bond donors (Lipinski definition) is 2. The van der Waals surface area contributed by atoms with E-state index in [0.717, 1.165) is 11.3 Å². The molecular formula is C26H37N3O6. The summed E-state index contributed by atoms with van der Waals surface area (Å²) in [5.74, 6) is 1.40. The summed E-state index contributed by atoms with van der Waals surface area (Å²) in [5.41, 5.74) is 1.14. The van der Waals surface area contributed by atoms with Gasteiger partial charge >= 0.3 is 6.03 Å². The maximum absolute atomic E-state index is 12.4. The molecule has 0 radical (unpaired) electrons. The number of aliphatic hydroxyl groups is 1. The molecule has 1 fully saturated rings. The SMILES string of the molecule is COCCOc1ccc(OCC(O)CN(CCNC(=O)N2CCOCC2)Cc2ccccc2)cc1. The lowest BCUT2D eigenvalue weighted by Gasteiger charge is -2.28. The van der Waals surface area contributed by atoms with Gasteiger partial charge in [0, 0.05) is 46.4 Å². The minimum Gasteiger partial charge on any atom is -0.491 e. The predicted octanol–water partition coefficient (Wildman–Crippen LogP) is 2.00. The molecule has 9 heteroatoms. The van der Waals surface area contributed by atoms with Gasteiger partial charge in [0.1, 0.15) is 30.8 Å². The highest BCUT2D eigenvalue weighted by atomic mass is 16.5. The standard InChI is InChI=1S/C26H37N3O6/c1-32-17-18-34-24-7-9-25(10-8-24)35-21-23(30)20-28(19-22-5-3-2-4-6-22)12-11-27-26(31)29-13-15-33-16-14-29/h2-10,23,30H,11-21H2,1H3,(H,27,31). The van der Waals surface area contributed by atoms with Crippen molar-refractivity contribution in [1.82, 2.24) is 15.1 Å². The molecule has 0 aromatic heterocycles. The lowest BCUT2D eigenvalue weighted by Crippen LogP contribution is -2.48. The van der Waals surface area contributed by atoms with Gasteiger partial charge in [-0.25, -0.2) is 4.79 Å². The van der Waals surface area contributed by atoms with E-state index in [1.807, 2.05) is 42.5 Å². The van der Waals surface area contributed by atoms with Crippen LogP contribution in [0.25, 0.3) is 0 Å². The number of carbonyl (C=O) groups is 1. The zero-order chi connectivity index (χ0) is 24.7. The molecule has 2 aromatic rings. The number of morpholine rings is 1. The average Bonchev–Trinajstić information content (AvgIpc) is 2.89. The molecule has 2 amide bonds. The summed E-state index contributed by atoms with van der Waals surface area (Å²) in [6, 6.07) is 17.3. The largest absolute Gasteiger partial charge is 0.491 e. The molecule has 1 unspecified atom stereocenters. The summed E-state index contributed by atoms with van der Waals surface area (Å²) < 4.78 is 21.6. The first-order valence-electron chi connectivity index (χ1n) is 12.0. The van der Waals surface area contributed by atoms with Crippen molar-refractivity contribution in [3.05, 3.63) is 60.2 Å². The van der Waals surface area contributed by atoms with Crippen molar-refractivity contribution < 1.29 is 28.8 Å². The Hall–Kier alpha value is -2.85. The van der Waals surface area contributed by atoms with Crippen LogP contribution in [0.4, 0.5) is 4.79 Å². The van der Waals surface area contributed by atoms with Gasteiger partial charge < -0.3 is 34.3 Å². The second-order valence-corrected chi connectivity index (χ2v) is 8.33. The van der Waals surface area contributed by atoms with Crippen molar-refractivity contribution >= 4 is 6.03 Å². The lowest BCUT2D eigenvalue weighted by atomic mass is 10.2. The van der Waals surface area contributed by atoms with Crippen LogP contribution in [-0.2, 0) is 16.0 Å². The average molecular weight is 488 g/mol. The van der Waals surface area contributed by atoms with Gasteiger partial charge in [0.15, 0.2) is 0 Å². The summed E-state index contributed by atoms with van der Waals surface area (Å²) in [7, 11) is 1.63. The molecule has 3 rings (SSSR count). The number of urea groups is 1. The summed E-state index contributed by atoms with van der Waals surface area (Å²) in [6.07, 6.45) is -0.689. The third kappa shape index (κ3) is 10.1. The van der Waals surface area contributed by atoms with Gasteiger partial charge in [-0.3, -0.25) is 4.90 Å². The first-order chi connectivity index (χ1) is 17.1. The van der Waals surface area contributed by atoms with Crippen LogP contribution in [-0.4, -0.2) is 99.9 Å². The van der Waals surface area contributed by atoms with Crippen molar-refractivity contribution in [2.75, 3.05) is 72.9 Å². The Morgan fingerprint density at radius 2 is 1.74 bits per heavy atom. The molecule has 2 aromatic carbocycles. The molecule has 1 saturated heterocycles. The highest BCUT2D eigenvalue weighted by Gasteiger charge is 2.18. The first kappa shape index (κ1) is 26.7. The molecule has 1 heterocycles. The lowest BCUT2D eigenvalue weighted by molar-refractivity contribution is 0.0521. The van der Waals surface area contributed by atoms with Gasteiger partial charge in [-0.15, -0.1) is 0 Å². The second-order valence-electron chi connectivity index (χ2n) is 8.33. The monoisotopic (exact) mass is 487 g/mol. The maximum Gasteiger partial charge on any atom is 0.317 e. The van der Waals surface area contributed by atoms with Gasteiger partial charge in [-0.1, -0.05) is 30.3 Å². The van der Waals surface area contributed by atoms with Crippen LogP contribution >= 0.6 is 0 Å². The molecule has 1 aliphatic rings. The number of ether oxygens (including phenoxy) is 4. The van der Waals surface area contributed by atoms with Gasteiger partial charge in [0.2, 0.25) is 0 Å². The van der Waals surface area contributed by atoms with Gasteiger partial charge in [-0.2, -0.15) is 0 Å². The van der Waals surface area contributed by atoms with Gasteiger partial charge in [-0.05, 0) is 29.8 Å². The van der Waals surface area contributed by atoms with Crippen molar-refractivity contribution in [1.29, 1.82) is 0 Å². The molecule has 0 aliphatic carbocycles. The number of aliphatic hydroxyl groups excluding tert-OH is 1. The first-order valence-corrected chi connectivity index (χ1v) is 12.0. The third-order valence-corrected chi connectivity index (χ3v) is 5.54. The summed E-state index contributed by atoms with van der Waals surface area (Å²) in [6.45, 7) is 5.71. The van der Waals surface area contributed by atoms with Crippen LogP contribution in [0.3, 0.4) is 0 Å². The van der Waals surface area contributed by atoms with E-state index in [1.54, 1.807) is 12.0 Å². The van der Waals surface area contributed by atoms with E-state index in [0.29, 0.717) is 71.4 Å². The molecule has 2 N–H and O–H groups in total. The smallest absolute Gasteiger partial charge is 0.317 e. The van der Waals surface area contributed by atoms with Crippen LogP contribution in [0.5, 0.6) is 11.5 Å². The van der Waals surface area contributed by atoms with Crippen molar-refractivity contribution in [3.63, 3.8) is 0 Å². The topological polar surface area (TPSA) is 92.7 Å². The van der Waals surface area contributed by atoms with Crippen LogP contribution in [0.1, 0.15) is 5.56 Å². The highest BCUT2D eigenvalue weighted by Crippen LogP contribution is 2.18. The van der Waals surface area contributed by atoms with Crippen molar-refractivity contribution in [2.24, 2.45) is 0 Å². The molecule has 0 bridgehead atoms. The minimum absolute atomic E-state index is 0.0773. The van der Waals surface area contributed by atoms with Crippen LogP contribution in [0.15, 0.2) is 54.6 Å². The number of carbonyl (C=O) groups excluding carboxylic acids is 1. The fraction of sp³-hybridized carbons (Fsp3) is 0.500. The number of rotatable bonds is 14. The normalized spacial score (nSPS) is 14.5. The molecule has 1 aliphatic heterocycles. The molecule has 192 valence electrons. The number of nitrogens with one attached hydrogen (secondary N) is 1. The Morgan fingerprint density at radius 1 is 1.06 bits per heavy atom. The Morgan fingerprint density at radius 3 is 2.43 bits per heavy atom. The van der Waals surface area contributed by atoms with E-state index >= 15 is 0 Å². The number of benzene rings is 2. The maximum atomic E-state index is 12.4. The Balaban J connectivity index is 1.45. The zero-order valence-corrected chi connectivity index (χ0v) is 20.4. The van der Waals surface area contributed by atoms with E-state index < -0.39 is 6.10 Å². The van der Waals surface area contributed by atoms with Gasteiger partial charge in [0.25, 0.3) is 0 Å².